The van der Waals surface area contributed by atoms with Gasteiger partial charge in [-0.15, -0.1) is 0 Å². The van der Waals surface area contributed by atoms with Crippen molar-refractivity contribution in [3.63, 3.8) is 0 Å². The number of benzene rings is 2. The predicted octanol–water partition coefficient (Wildman–Crippen LogP) is 2.73. The van der Waals surface area contributed by atoms with E-state index in [1.165, 1.54) is 5.69 Å². The second-order valence-electron chi connectivity index (χ2n) is 7.50. The molecule has 5 rings (SSSR count). The first-order valence-electron chi connectivity index (χ1n) is 10.1. The molecule has 6 heteroatoms. The lowest BCUT2D eigenvalue weighted by Crippen LogP contribution is -2.43. The summed E-state index contributed by atoms with van der Waals surface area (Å²) < 4.78 is 0. The van der Waals surface area contributed by atoms with E-state index >= 15 is 0 Å². The molecule has 1 fully saturated rings. The van der Waals surface area contributed by atoms with Crippen LogP contribution in [0.2, 0.25) is 0 Å². The molecule has 1 atom stereocenters. The lowest BCUT2D eigenvalue weighted by atomic mass is 10.1. The third-order valence-electron chi connectivity index (χ3n) is 5.61. The van der Waals surface area contributed by atoms with Crippen LogP contribution in [0.15, 0.2) is 78.8 Å². The molecular weight excluding hydrogens is 360 g/mol. The maximum Gasteiger partial charge on any atom is 0.144 e. The van der Waals surface area contributed by atoms with Crippen LogP contribution in [0, 0.1) is 0 Å². The van der Waals surface area contributed by atoms with Gasteiger partial charge in [-0.1, -0.05) is 12.1 Å². The normalized spacial score (nSPS) is 20.6. The van der Waals surface area contributed by atoms with Crippen LogP contribution in [0.5, 0.6) is 0 Å². The van der Waals surface area contributed by atoms with E-state index in [2.05, 4.69) is 80.5 Å². The van der Waals surface area contributed by atoms with Crippen LogP contribution in [0.1, 0.15) is 5.56 Å². The summed E-state index contributed by atoms with van der Waals surface area (Å²) in [4.78, 5) is 4.66. The summed E-state index contributed by atoms with van der Waals surface area (Å²) in [6, 6.07) is 16.7. The highest BCUT2D eigenvalue weighted by Gasteiger charge is 2.29. The topological polar surface area (TPSA) is 68.6 Å². The summed E-state index contributed by atoms with van der Waals surface area (Å²) in [6.07, 6.45) is 8.42. The van der Waals surface area contributed by atoms with Gasteiger partial charge >= 0.3 is 0 Å². The molecule has 0 amide bonds. The Balaban J connectivity index is 1.35. The Labute approximate surface area is 171 Å². The van der Waals surface area contributed by atoms with E-state index < -0.39 is 0 Å². The van der Waals surface area contributed by atoms with Crippen LogP contribution in [-0.4, -0.2) is 37.2 Å². The van der Waals surface area contributed by atoms with Crippen LogP contribution in [0.3, 0.4) is 0 Å². The number of nitrogen functional groups attached to an aromatic ring is 1. The van der Waals surface area contributed by atoms with Gasteiger partial charge in [0.15, 0.2) is 0 Å². The minimum atomic E-state index is 0.0559. The first kappa shape index (κ1) is 17.7. The van der Waals surface area contributed by atoms with Crippen molar-refractivity contribution < 1.29 is 0 Å². The quantitative estimate of drug-likeness (QED) is 0.606. The van der Waals surface area contributed by atoms with E-state index in [1.54, 1.807) is 0 Å². The van der Waals surface area contributed by atoms with Crippen LogP contribution >= 0.6 is 0 Å². The molecule has 6 nitrogen and oxygen atoms in total. The van der Waals surface area contributed by atoms with Crippen LogP contribution in [0.25, 0.3) is 5.70 Å². The molecule has 5 N–H and O–H groups in total. The van der Waals surface area contributed by atoms with Crippen molar-refractivity contribution in [2.75, 3.05) is 42.1 Å². The SMILES string of the molecule is Nc1ccc(C2=CC=C(Nc3ccc(N4CCNCC4)cc3)C3NC=CN23)cc1. The van der Waals surface area contributed by atoms with Crippen molar-refractivity contribution in [2.45, 2.75) is 6.17 Å². The van der Waals surface area contributed by atoms with Crippen molar-refractivity contribution in [3.05, 3.63) is 84.3 Å². The number of rotatable bonds is 4. The Bertz CT molecular complexity index is 952. The highest BCUT2D eigenvalue weighted by atomic mass is 15.3. The van der Waals surface area contributed by atoms with E-state index in [0.29, 0.717) is 0 Å². The van der Waals surface area contributed by atoms with Gasteiger partial charge in [0, 0.05) is 55.6 Å². The summed E-state index contributed by atoms with van der Waals surface area (Å²) in [6.45, 7) is 4.21. The largest absolute Gasteiger partial charge is 0.399 e. The summed E-state index contributed by atoms with van der Waals surface area (Å²) in [5, 5.41) is 10.4. The third-order valence-corrected chi connectivity index (χ3v) is 5.61. The van der Waals surface area contributed by atoms with Gasteiger partial charge in [-0.05, 0) is 54.1 Å². The first-order chi connectivity index (χ1) is 14.3. The van der Waals surface area contributed by atoms with Crippen LogP contribution < -0.4 is 26.6 Å². The average molecular weight is 387 g/mol. The maximum atomic E-state index is 5.84. The number of allylic oxidation sites excluding steroid dienone is 2. The zero-order chi connectivity index (χ0) is 19.6. The Hall–Kier alpha value is -3.38. The van der Waals surface area contributed by atoms with E-state index in [4.69, 9.17) is 5.73 Å². The molecule has 3 heterocycles. The smallest absolute Gasteiger partial charge is 0.144 e. The molecule has 0 aliphatic carbocycles. The molecule has 3 aliphatic heterocycles. The monoisotopic (exact) mass is 386 g/mol. The molecule has 0 bridgehead atoms. The van der Waals surface area contributed by atoms with E-state index in [-0.39, 0.29) is 6.17 Å². The van der Waals surface area contributed by atoms with Crippen molar-refractivity contribution in [1.29, 1.82) is 0 Å². The first-order valence-corrected chi connectivity index (χ1v) is 10.1. The molecule has 0 radical (unpaired) electrons. The number of nitrogens with two attached hydrogens (primary N) is 1. The van der Waals surface area contributed by atoms with Gasteiger partial charge in [0.1, 0.15) is 6.17 Å². The molecule has 0 saturated carbocycles. The van der Waals surface area contributed by atoms with Gasteiger partial charge in [-0.25, -0.2) is 0 Å². The number of hydrogen-bond donors (Lipinski definition) is 4. The Kier molecular flexibility index (Phi) is 4.62. The number of hydrogen-bond acceptors (Lipinski definition) is 6. The van der Waals surface area contributed by atoms with Gasteiger partial charge in [0.25, 0.3) is 0 Å². The second-order valence-corrected chi connectivity index (χ2v) is 7.50. The number of nitrogens with zero attached hydrogens (tertiary/aromatic N) is 2. The van der Waals surface area contributed by atoms with Crippen LogP contribution in [-0.2, 0) is 0 Å². The summed E-state index contributed by atoms with van der Waals surface area (Å²) in [5.74, 6) is 0. The van der Waals surface area contributed by atoms with Crippen molar-refractivity contribution in [1.82, 2.24) is 15.5 Å². The Morgan fingerprint density at radius 2 is 1.69 bits per heavy atom. The number of anilines is 3. The Morgan fingerprint density at radius 1 is 0.931 bits per heavy atom. The number of nitrogens with one attached hydrogen (secondary N) is 3. The molecule has 3 aliphatic rings. The Morgan fingerprint density at radius 3 is 2.45 bits per heavy atom. The predicted molar refractivity (Wildman–Crippen MR) is 120 cm³/mol. The maximum absolute atomic E-state index is 5.84. The van der Waals surface area contributed by atoms with Crippen molar-refractivity contribution in [2.24, 2.45) is 0 Å². The van der Waals surface area contributed by atoms with E-state index in [1.807, 2.05) is 18.3 Å². The van der Waals surface area contributed by atoms with Crippen molar-refractivity contribution >= 4 is 22.8 Å². The molecule has 0 spiro atoms. The summed E-state index contributed by atoms with van der Waals surface area (Å²) >= 11 is 0. The van der Waals surface area contributed by atoms with Gasteiger partial charge in [0.05, 0.1) is 11.4 Å². The standard InChI is InChI=1S/C23H26N6/c24-18-3-1-17(2-4-18)22-10-9-21(23-26-13-16-29(22)23)27-19-5-7-20(8-6-19)28-14-11-25-12-15-28/h1-10,13,16,23,25-27H,11-12,14-15,24H2. The minimum Gasteiger partial charge on any atom is -0.399 e. The van der Waals surface area contributed by atoms with Crippen LogP contribution in [0.4, 0.5) is 17.1 Å². The third kappa shape index (κ3) is 3.54. The molecule has 0 aromatic heterocycles. The number of piperazine rings is 1. The molecule has 2 aromatic carbocycles. The average Bonchev–Trinajstić information content (AvgIpc) is 3.26. The molecule has 1 saturated heterocycles. The fourth-order valence-electron chi connectivity index (χ4n) is 4.04. The molecular formula is C23H26N6. The lowest BCUT2D eigenvalue weighted by Gasteiger charge is -2.33. The van der Waals surface area contributed by atoms with Gasteiger partial charge in [-0.2, -0.15) is 0 Å². The van der Waals surface area contributed by atoms with Gasteiger partial charge in [-0.3, -0.25) is 0 Å². The highest BCUT2D eigenvalue weighted by Crippen LogP contribution is 2.32. The highest BCUT2D eigenvalue weighted by molar-refractivity contribution is 5.71. The van der Waals surface area contributed by atoms with Crippen molar-refractivity contribution in [3.8, 4) is 0 Å². The molecule has 1 unspecified atom stereocenters. The second kappa shape index (κ2) is 7.56. The molecule has 148 valence electrons. The van der Waals surface area contributed by atoms with E-state index in [9.17, 15) is 0 Å². The minimum absolute atomic E-state index is 0.0559. The summed E-state index contributed by atoms with van der Waals surface area (Å²) in [5.41, 5.74) is 12.4. The fraction of sp³-hybridized carbons (Fsp3) is 0.217. The van der Waals surface area contributed by atoms with Gasteiger partial charge in [0.2, 0.25) is 0 Å². The molecule has 2 aromatic rings. The molecule has 29 heavy (non-hydrogen) atoms. The zero-order valence-electron chi connectivity index (χ0n) is 16.3. The number of fused-ring (bicyclic) bond motifs is 1. The fourth-order valence-corrected chi connectivity index (χ4v) is 4.04. The van der Waals surface area contributed by atoms with E-state index in [0.717, 1.165) is 54.5 Å². The zero-order valence-corrected chi connectivity index (χ0v) is 16.3. The summed E-state index contributed by atoms with van der Waals surface area (Å²) in [7, 11) is 0. The van der Waals surface area contributed by atoms with Gasteiger partial charge < -0.3 is 31.5 Å². The lowest BCUT2D eigenvalue weighted by molar-refractivity contribution is 0.428.